The smallest absolute Gasteiger partial charge is 0.344 e. The minimum atomic E-state index is -4.40. The first-order valence-electron chi connectivity index (χ1n) is 12.1. The quantitative estimate of drug-likeness (QED) is 0.228. The van der Waals surface area contributed by atoms with Crippen LogP contribution in [0, 0.1) is 18.3 Å². The van der Waals surface area contributed by atoms with Gasteiger partial charge in [0.15, 0.2) is 5.11 Å². The molecule has 1 aromatic heterocycles. The summed E-state index contributed by atoms with van der Waals surface area (Å²) < 4.78 is 41.2. The molecule has 0 atom stereocenters. The van der Waals surface area contributed by atoms with E-state index in [9.17, 15) is 13.2 Å². The van der Waals surface area contributed by atoms with Crippen LogP contribution < -0.4 is 5.32 Å². The molecule has 0 aliphatic carbocycles. The zero-order chi connectivity index (χ0) is 28.0. The molecule has 4 rings (SSSR count). The highest BCUT2D eigenvalue weighted by Crippen LogP contribution is 2.29. The highest BCUT2D eigenvalue weighted by Gasteiger charge is 2.30. The highest BCUT2D eigenvalue weighted by molar-refractivity contribution is 7.80. The van der Waals surface area contributed by atoms with Gasteiger partial charge in [-0.3, -0.25) is 0 Å². The Kier molecular flexibility index (Phi) is 8.90. The van der Waals surface area contributed by atoms with Gasteiger partial charge in [0.25, 0.3) is 0 Å². The normalized spacial score (nSPS) is 11.2. The van der Waals surface area contributed by atoms with Crippen LogP contribution in [0.4, 0.5) is 18.9 Å². The summed E-state index contributed by atoms with van der Waals surface area (Å²) in [5, 5.41) is 13.3. The molecule has 39 heavy (non-hydrogen) atoms. The molecule has 4 aromatic rings. The summed E-state index contributed by atoms with van der Waals surface area (Å²) in [6, 6.07) is 20.1. The summed E-state index contributed by atoms with van der Waals surface area (Å²) in [7, 11) is 0. The van der Waals surface area contributed by atoms with Crippen LogP contribution >= 0.6 is 23.8 Å². The fraction of sp³-hybridized carbons (Fsp3) is 0.207. The second-order valence-electron chi connectivity index (χ2n) is 9.08. The molecule has 3 aromatic carbocycles. The topological polar surface area (TPSA) is 56.9 Å². The number of aryl methyl sites for hydroxylation is 1. The van der Waals surface area contributed by atoms with Crippen molar-refractivity contribution >= 4 is 34.6 Å². The number of anilines is 1. The molecule has 0 unspecified atom stereocenters. The maximum atomic E-state index is 13.0. The average Bonchev–Trinajstić information content (AvgIpc) is 3.35. The minimum Gasteiger partial charge on any atom is -0.344 e. The molecule has 0 saturated heterocycles. The van der Waals surface area contributed by atoms with Crippen LogP contribution in [0.1, 0.15) is 33.5 Å². The van der Waals surface area contributed by atoms with Crippen LogP contribution in [0.15, 0.2) is 79.3 Å². The van der Waals surface area contributed by atoms with Gasteiger partial charge in [0.05, 0.1) is 23.5 Å². The van der Waals surface area contributed by atoms with Gasteiger partial charge >= 0.3 is 6.18 Å². The largest absolute Gasteiger partial charge is 0.416 e. The van der Waals surface area contributed by atoms with E-state index in [4.69, 9.17) is 29.1 Å². The lowest BCUT2D eigenvalue weighted by atomic mass is 10.1. The first kappa shape index (κ1) is 28.1. The number of thiocarbonyl (C=S) groups is 1. The van der Waals surface area contributed by atoms with Crippen molar-refractivity contribution in [2.75, 3.05) is 11.9 Å². The summed E-state index contributed by atoms with van der Waals surface area (Å²) >= 11 is 12.0. The van der Waals surface area contributed by atoms with E-state index < -0.39 is 11.7 Å². The predicted molar refractivity (Wildman–Crippen MR) is 150 cm³/mol. The third-order valence-corrected chi connectivity index (χ3v) is 7.00. The number of nitrogens with zero attached hydrogens (tertiary/aromatic N) is 4. The van der Waals surface area contributed by atoms with Crippen LogP contribution in [0.2, 0.25) is 5.02 Å². The number of hydrogen-bond acceptors (Lipinski definition) is 3. The van der Waals surface area contributed by atoms with Gasteiger partial charge in [-0.25, -0.2) is 4.98 Å². The number of nitriles is 1. The van der Waals surface area contributed by atoms with Crippen molar-refractivity contribution < 1.29 is 13.2 Å². The summed E-state index contributed by atoms with van der Waals surface area (Å²) in [6.07, 6.45) is -0.269. The Labute approximate surface area is 235 Å². The average molecular weight is 568 g/mol. The molecule has 0 aliphatic heterocycles. The molecule has 0 spiro atoms. The third kappa shape index (κ3) is 7.59. The Morgan fingerprint density at radius 1 is 1.08 bits per heavy atom. The first-order chi connectivity index (χ1) is 18.6. The van der Waals surface area contributed by atoms with Crippen LogP contribution in [0.25, 0.3) is 0 Å². The van der Waals surface area contributed by atoms with E-state index >= 15 is 0 Å². The lowest BCUT2D eigenvalue weighted by molar-refractivity contribution is -0.137. The van der Waals surface area contributed by atoms with Crippen molar-refractivity contribution in [1.82, 2.24) is 14.5 Å². The summed E-state index contributed by atoms with van der Waals surface area (Å²) in [4.78, 5) is 6.21. The monoisotopic (exact) mass is 567 g/mol. The van der Waals surface area contributed by atoms with E-state index in [-0.39, 0.29) is 0 Å². The number of halogens is 4. The summed E-state index contributed by atoms with van der Waals surface area (Å²) in [6.45, 7) is 3.30. The predicted octanol–water partition coefficient (Wildman–Crippen LogP) is 7.23. The van der Waals surface area contributed by atoms with Crippen molar-refractivity contribution in [3.63, 3.8) is 0 Å². The van der Waals surface area contributed by atoms with E-state index in [1.54, 1.807) is 30.7 Å². The number of benzene rings is 3. The lowest BCUT2D eigenvalue weighted by Gasteiger charge is -2.26. The molecule has 200 valence electrons. The molecule has 0 saturated carbocycles. The Balaban J connectivity index is 1.50. The molecule has 0 amide bonds. The van der Waals surface area contributed by atoms with E-state index in [2.05, 4.69) is 16.4 Å². The lowest BCUT2D eigenvalue weighted by Crippen LogP contribution is -2.36. The third-order valence-electron chi connectivity index (χ3n) is 6.24. The number of rotatable bonds is 8. The fourth-order valence-electron chi connectivity index (χ4n) is 3.97. The van der Waals surface area contributed by atoms with Gasteiger partial charge < -0.3 is 14.8 Å². The fourth-order valence-corrected chi connectivity index (χ4v) is 4.43. The molecule has 5 nitrogen and oxygen atoms in total. The molecule has 1 heterocycles. The zero-order valence-electron chi connectivity index (χ0n) is 21.0. The van der Waals surface area contributed by atoms with Crippen molar-refractivity contribution in [3.8, 4) is 6.07 Å². The number of alkyl halides is 3. The number of aromatic nitrogens is 2. The molecule has 0 bridgehead atoms. The molecule has 1 N–H and O–H groups in total. The molecule has 0 aliphatic rings. The Hall–Kier alpha value is -3.87. The van der Waals surface area contributed by atoms with E-state index in [0.717, 1.165) is 34.6 Å². The first-order valence-corrected chi connectivity index (χ1v) is 12.9. The second kappa shape index (κ2) is 12.3. The van der Waals surface area contributed by atoms with Crippen molar-refractivity contribution in [2.24, 2.45) is 0 Å². The van der Waals surface area contributed by atoms with Crippen LogP contribution in [0.5, 0.6) is 0 Å². The SMILES string of the molecule is Cc1ccc(NC(=S)N(CCc2cncn2Cc2ccc(C#N)cc2)Cc2ccc(C(F)(F)F)cc2)cc1Cl. The van der Waals surface area contributed by atoms with Gasteiger partial charge in [0, 0.05) is 48.7 Å². The Bertz CT molecular complexity index is 1470. The van der Waals surface area contributed by atoms with Gasteiger partial charge in [0.1, 0.15) is 0 Å². The molecule has 0 radical (unpaired) electrons. The molecular weight excluding hydrogens is 543 g/mol. The second-order valence-corrected chi connectivity index (χ2v) is 9.88. The zero-order valence-corrected chi connectivity index (χ0v) is 22.6. The van der Waals surface area contributed by atoms with Crippen LogP contribution in [-0.4, -0.2) is 26.1 Å². The van der Waals surface area contributed by atoms with Gasteiger partial charge in [0.2, 0.25) is 0 Å². The van der Waals surface area contributed by atoms with E-state index in [0.29, 0.717) is 47.3 Å². The summed E-state index contributed by atoms with van der Waals surface area (Å²) in [5.41, 5.74) is 4.25. The van der Waals surface area contributed by atoms with Crippen molar-refractivity contribution in [2.45, 2.75) is 32.6 Å². The number of imidazole rings is 1. The van der Waals surface area contributed by atoms with Gasteiger partial charge in [-0.2, -0.15) is 18.4 Å². The highest BCUT2D eigenvalue weighted by atomic mass is 35.5. The minimum absolute atomic E-state index is 0.313. The Morgan fingerprint density at radius 2 is 1.77 bits per heavy atom. The van der Waals surface area contributed by atoms with Crippen LogP contribution in [0.3, 0.4) is 0 Å². The maximum Gasteiger partial charge on any atom is 0.416 e. The van der Waals surface area contributed by atoms with Gasteiger partial charge in [-0.1, -0.05) is 41.9 Å². The van der Waals surface area contributed by atoms with Crippen molar-refractivity contribution in [1.29, 1.82) is 5.26 Å². The van der Waals surface area contributed by atoms with E-state index in [1.165, 1.54) is 12.1 Å². The number of hydrogen-bond donors (Lipinski definition) is 1. The molecule has 10 heteroatoms. The molecular formula is C29H25ClF3N5S. The van der Waals surface area contributed by atoms with E-state index in [1.807, 2.05) is 40.7 Å². The number of nitrogens with one attached hydrogen (secondary N) is 1. The summed E-state index contributed by atoms with van der Waals surface area (Å²) in [5.74, 6) is 0. The molecule has 0 fully saturated rings. The maximum absolute atomic E-state index is 13.0. The van der Waals surface area contributed by atoms with Gasteiger partial charge in [-0.05, 0) is 72.2 Å². The standard InChI is InChI=1S/C29H25ClF3N5S/c1-20-2-11-25(14-27(20)30)36-28(39)37(17-23-7-9-24(10-8-23)29(31,32)33)13-12-26-16-35-19-38(26)18-22-5-3-21(15-34)4-6-22/h2-11,14,16,19H,12-13,17-18H2,1H3,(H,36,39). The van der Waals surface area contributed by atoms with Crippen LogP contribution in [-0.2, 0) is 25.7 Å². The van der Waals surface area contributed by atoms with Gasteiger partial charge in [-0.15, -0.1) is 0 Å². The Morgan fingerprint density at radius 3 is 2.41 bits per heavy atom. The van der Waals surface area contributed by atoms with Crippen molar-refractivity contribution in [3.05, 3.63) is 118 Å².